The van der Waals surface area contributed by atoms with Crippen molar-refractivity contribution in [1.82, 2.24) is 9.55 Å². The van der Waals surface area contributed by atoms with Gasteiger partial charge in [0.2, 0.25) is 0 Å². The van der Waals surface area contributed by atoms with E-state index >= 15 is 0 Å². The van der Waals surface area contributed by atoms with Gasteiger partial charge in [0, 0.05) is 23.5 Å². The van der Waals surface area contributed by atoms with Gasteiger partial charge in [-0.05, 0) is 40.5 Å². The van der Waals surface area contributed by atoms with Crippen molar-refractivity contribution in [3.05, 3.63) is 28.0 Å². The third kappa shape index (κ3) is 2.00. The van der Waals surface area contributed by atoms with Crippen LogP contribution in [0.2, 0.25) is 0 Å². The molecule has 4 heteroatoms. The maximum absolute atomic E-state index is 5.83. The Balaban J connectivity index is 2.77. The number of aryl methyl sites for hydroxylation is 2. The molecule has 2 N–H and O–H groups in total. The predicted octanol–water partition coefficient (Wildman–Crippen LogP) is 2.88. The number of aromatic nitrogens is 2. The Labute approximate surface area is 110 Å². The molecule has 0 aliphatic heterocycles. The molecule has 0 unspecified atom stereocenters. The highest BCUT2D eigenvalue weighted by molar-refractivity contribution is 9.10. The number of imidazole rings is 1. The monoisotopic (exact) mass is 295 g/mol. The van der Waals surface area contributed by atoms with Gasteiger partial charge >= 0.3 is 0 Å². The van der Waals surface area contributed by atoms with Crippen molar-refractivity contribution < 1.29 is 0 Å². The molecule has 0 aliphatic rings. The number of fused-ring (bicyclic) bond motifs is 1. The molecule has 0 aliphatic carbocycles. The molecule has 3 nitrogen and oxygen atoms in total. The molecule has 92 valence electrons. The van der Waals surface area contributed by atoms with E-state index in [4.69, 9.17) is 10.7 Å². The Morgan fingerprint density at radius 2 is 2.06 bits per heavy atom. The topological polar surface area (TPSA) is 43.8 Å². The molecule has 0 amide bonds. The highest BCUT2D eigenvalue weighted by Gasteiger charge is 2.25. The highest BCUT2D eigenvalue weighted by Crippen LogP contribution is 2.30. The second kappa shape index (κ2) is 4.10. The fraction of sp³-hybridized carbons (Fsp3) is 0.462. The van der Waals surface area contributed by atoms with E-state index in [0.29, 0.717) is 6.54 Å². The molecule has 0 fully saturated rings. The van der Waals surface area contributed by atoms with Crippen molar-refractivity contribution in [2.24, 2.45) is 12.8 Å². The minimum absolute atomic E-state index is 0.110. The fourth-order valence-corrected chi connectivity index (χ4v) is 2.73. The number of nitrogens with two attached hydrogens (primary N) is 1. The Morgan fingerprint density at radius 3 is 2.65 bits per heavy atom. The Hall–Kier alpha value is -0.870. The predicted molar refractivity (Wildman–Crippen MR) is 75.2 cm³/mol. The van der Waals surface area contributed by atoms with E-state index < -0.39 is 0 Å². The van der Waals surface area contributed by atoms with Crippen molar-refractivity contribution in [1.29, 1.82) is 0 Å². The maximum atomic E-state index is 5.83. The summed E-state index contributed by atoms with van der Waals surface area (Å²) >= 11 is 3.58. The number of benzene rings is 1. The molecule has 0 saturated heterocycles. The Morgan fingerprint density at radius 1 is 1.41 bits per heavy atom. The summed E-state index contributed by atoms with van der Waals surface area (Å²) in [6.07, 6.45) is 0. The zero-order chi connectivity index (χ0) is 12.8. The molecule has 17 heavy (non-hydrogen) atoms. The fourth-order valence-electron chi connectivity index (χ4n) is 2.07. The Bertz CT molecular complexity index is 570. The van der Waals surface area contributed by atoms with Crippen LogP contribution in [0.5, 0.6) is 0 Å². The molecule has 1 aromatic heterocycles. The highest BCUT2D eigenvalue weighted by atomic mass is 79.9. The molecule has 2 rings (SSSR count). The lowest BCUT2D eigenvalue weighted by Crippen LogP contribution is -2.31. The summed E-state index contributed by atoms with van der Waals surface area (Å²) in [4.78, 5) is 4.73. The lowest BCUT2D eigenvalue weighted by atomic mass is 9.93. The van der Waals surface area contributed by atoms with Gasteiger partial charge in [-0.25, -0.2) is 4.98 Å². The summed E-state index contributed by atoms with van der Waals surface area (Å²) in [6, 6.07) is 4.25. The van der Waals surface area contributed by atoms with Gasteiger partial charge in [0.1, 0.15) is 11.3 Å². The quantitative estimate of drug-likeness (QED) is 0.926. The molecule has 0 saturated carbocycles. The third-order valence-electron chi connectivity index (χ3n) is 3.20. The summed E-state index contributed by atoms with van der Waals surface area (Å²) in [6.45, 7) is 6.91. The van der Waals surface area contributed by atoms with Gasteiger partial charge in [0.25, 0.3) is 0 Å². The second-order valence-electron chi connectivity index (χ2n) is 5.20. The molecular weight excluding hydrogens is 278 g/mol. The summed E-state index contributed by atoms with van der Waals surface area (Å²) < 4.78 is 3.18. The molecular formula is C13H18BrN3. The van der Waals surface area contributed by atoms with E-state index in [1.807, 2.05) is 7.05 Å². The van der Waals surface area contributed by atoms with Crippen LogP contribution in [0, 0.1) is 6.92 Å². The number of hydrogen-bond donors (Lipinski definition) is 1. The minimum atomic E-state index is -0.110. The summed E-state index contributed by atoms with van der Waals surface area (Å²) in [5, 5.41) is 0. The number of nitrogens with zero attached hydrogens (tertiary/aromatic N) is 2. The second-order valence-corrected chi connectivity index (χ2v) is 6.05. The summed E-state index contributed by atoms with van der Waals surface area (Å²) in [7, 11) is 2.05. The lowest BCUT2D eigenvalue weighted by molar-refractivity contribution is 0.487. The van der Waals surface area contributed by atoms with Crippen LogP contribution in [-0.4, -0.2) is 16.1 Å². The summed E-state index contributed by atoms with van der Waals surface area (Å²) in [5.41, 5.74) is 9.10. The molecule has 0 spiro atoms. The first-order valence-electron chi connectivity index (χ1n) is 5.70. The third-order valence-corrected chi connectivity index (χ3v) is 3.80. The van der Waals surface area contributed by atoms with E-state index in [1.165, 1.54) is 5.56 Å². The van der Waals surface area contributed by atoms with Gasteiger partial charge in [-0.3, -0.25) is 0 Å². The van der Waals surface area contributed by atoms with Gasteiger partial charge in [-0.2, -0.15) is 0 Å². The van der Waals surface area contributed by atoms with Crippen LogP contribution in [0.25, 0.3) is 11.0 Å². The van der Waals surface area contributed by atoms with Crippen LogP contribution in [0.1, 0.15) is 25.2 Å². The van der Waals surface area contributed by atoms with Gasteiger partial charge in [-0.1, -0.05) is 13.8 Å². The number of halogens is 1. The first-order valence-corrected chi connectivity index (χ1v) is 6.49. The zero-order valence-electron chi connectivity index (χ0n) is 10.7. The molecule has 0 bridgehead atoms. The van der Waals surface area contributed by atoms with E-state index in [1.54, 1.807) is 0 Å². The first kappa shape index (κ1) is 12.6. The molecule has 1 aromatic carbocycles. The smallest absolute Gasteiger partial charge is 0.116 e. The van der Waals surface area contributed by atoms with Crippen LogP contribution in [0.4, 0.5) is 0 Å². The van der Waals surface area contributed by atoms with E-state index in [9.17, 15) is 0 Å². The Kier molecular flexibility index (Phi) is 3.04. The average molecular weight is 296 g/mol. The SMILES string of the molecule is Cc1cc(Br)c2nc(C(C)(C)CN)n(C)c2c1. The minimum Gasteiger partial charge on any atom is -0.331 e. The van der Waals surface area contributed by atoms with Crippen molar-refractivity contribution in [3.8, 4) is 0 Å². The summed E-state index contributed by atoms with van der Waals surface area (Å²) in [5.74, 6) is 1.03. The number of hydrogen-bond acceptors (Lipinski definition) is 2. The van der Waals surface area contributed by atoms with Crippen LogP contribution < -0.4 is 5.73 Å². The van der Waals surface area contributed by atoms with Gasteiger partial charge in [0.05, 0.1) is 5.52 Å². The van der Waals surface area contributed by atoms with Crippen LogP contribution in [0.3, 0.4) is 0 Å². The van der Waals surface area contributed by atoms with E-state index in [2.05, 4.69) is 53.4 Å². The van der Waals surface area contributed by atoms with Gasteiger partial charge < -0.3 is 10.3 Å². The molecule has 1 heterocycles. The van der Waals surface area contributed by atoms with Crippen molar-refractivity contribution >= 4 is 27.0 Å². The number of rotatable bonds is 2. The van der Waals surface area contributed by atoms with Crippen LogP contribution in [-0.2, 0) is 12.5 Å². The largest absolute Gasteiger partial charge is 0.331 e. The van der Waals surface area contributed by atoms with Gasteiger partial charge in [0.15, 0.2) is 0 Å². The lowest BCUT2D eigenvalue weighted by Gasteiger charge is -2.21. The molecule has 0 atom stereocenters. The van der Waals surface area contributed by atoms with E-state index in [0.717, 1.165) is 21.3 Å². The van der Waals surface area contributed by atoms with Crippen molar-refractivity contribution in [3.63, 3.8) is 0 Å². The zero-order valence-corrected chi connectivity index (χ0v) is 12.3. The first-order chi connectivity index (χ1) is 7.86. The maximum Gasteiger partial charge on any atom is 0.116 e. The van der Waals surface area contributed by atoms with Crippen LogP contribution >= 0.6 is 15.9 Å². The normalized spacial score (nSPS) is 12.4. The van der Waals surface area contributed by atoms with Gasteiger partial charge in [-0.15, -0.1) is 0 Å². The van der Waals surface area contributed by atoms with E-state index in [-0.39, 0.29) is 5.41 Å². The molecule has 2 aromatic rings. The van der Waals surface area contributed by atoms with Crippen LogP contribution in [0.15, 0.2) is 16.6 Å². The molecule has 0 radical (unpaired) electrons. The standard InChI is InChI=1S/C13H18BrN3/c1-8-5-9(14)11-10(6-8)17(4)12(16-11)13(2,3)7-15/h5-6H,7,15H2,1-4H3. The average Bonchev–Trinajstić information content (AvgIpc) is 2.58. The van der Waals surface area contributed by atoms with Crippen molar-refractivity contribution in [2.45, 2.75) is 26.2 Å². The van der Waals surface area contributed by atoms with Crippen molar-refractivity contribution in [2.75, 3.05) is 6.54 Å².